The van der Waals surface area contributed by atoms with E-state index in [0.717, 1.165) is 40.0 Å². The molecule has 0 fully saturated rings. The summed E-state index contributed by atoms with van der Waals surface area (Å²) in [5.74, 6) is 3.75. The molecule has 67 heavy (non-hydrogen) atoms. The molecule has 13 heteroatoms. The zero-order valence-electron chi connectivity index (χ0n) is 39.4. The monoisotopic (exact) mass is 1060 g/mol. The van der Waals surface area contributed by atoms with Gasteiger partial charge in [-0.15, -0.1) is 0 Å². The van der Waals surface area contributed by atoms with Gasteiger partial charge >= 0.3 is 375 Å². The second-order valence-corrected chi connectivity index (χ2v) is 21.0. The van der Waals surface area contributed by atoms with Crippen LogP contribution in [0.5, 0.6) is 46.0 Å². The van der Waals surface area contributed by atoms with Gasteiger partial charge in [-0.2, -0.15) is 0 Å². The Morgan fingerprint density at radius 3 is 1.69 bits per heavy atom. The molecule has 0 saturated heterocycles. The summed E-state index contributed by atoms with van der Waals surface area (Å²) in [4.78, 5) is 0. The van der Waals surface area contributed by atoms with Crippen molar-refractivity contribution < 1.29 is 57.2 Å². The first-order valence-electron chi connectivity index (χ1n) is 22.7. The molecule has 3 heterocycles. The molecule has 8 nitrogen and oxygen atoms in total. The third-order valence-electron chi connectivity index (χ3n) is 14.8. The van der Waals surface area contributed by atoms with Gasteiger partial charge in [0.05, 0.1) is 28.4 Å². The normalized spacial score (nSPS) is 22.8. The van der Waals surface area contributed by atoms with Crippen LogP contribution in [0.2, 0.25) is 0 Å². The molecule has 0 saturated carbocycles. The Morgan fingerprint density at radius 2 is 1.07 bits per heavy atom. The summed E-state index contributed by atoms with van der Waals surface area (Å²) in [5, 5.41) is 12.7. The molecule has 0 amide bonds. The van der Waals surface area contributed by atoms with Gasteiger partial charge < -0.3 is 9.05 Å². The van der Waals surface area contributed by atoms with Gasteiger partial charge in [-0.1, -0.05) is 0 Å². The van der Waals surface area contributed by atoms with Crippen molar-refractivity contribution in [2.75, 3.05) is 0 Å². The van der Waals surface area contributed by atoms with Gasteiger partial charge in [-0.3, -0.25) is 0 Å². The standard InChI is InChI=1S/C54H59O8P4.Mo/c1-25-10-13-34(18-28(25)4)50-31(7)20-39-27(3)12-16-38(53(39)57-50)46-32(8)52(35-14-11-26(2)29(5)19-35)58-54-45(46)30(6)21-40(55)48(54)47-33(9)51(36-15-17-41(60-64)42(22-36)61-65)56-43-23-37(59-63)24-44(62-66)49(43)47;/h10-15,17-19,21-24,31-33,46-47,50-52,55H,20,63-66H2,1-9H3;. The van der Waals surface area contributed by atoms with E-state index in [1.165, 1.54) is 48.5 Å². The van der Waals surface area contributed by atoms with Crippen molar-refractivity contribution in [2.24, 2.45) is 17.8 Å². The molecule has 6 aromatic rings. The first-order valence-corrected chi connectivity index (χ1v) is 25.6. The number of rotatable bonds is 9. The van der Waals surface area contributed by atoms with Crippen molar-refractivity contribution in [1.82, 2.24) is 0 Å². The van der Waals surface area contributed by atoms with Crippen LogP contribution in [0, 0.1) is 59.3 Å². The summed E-state index contributed by atoms with van der Waals surface area (Å²) < 4.78 is 46.4. The maximum absolute atomic E-state index is 12.7. The molecular formula is C54H59MoO8P4. The van der Waals surface area contributed by atoms with Crippen LogP contribution in [0.4, 0.5) is 0 Å². The van der Waals surface area contributed by atoms with Crippen molar-refractivity contribution in [3.63, 3.8) is 0 Å². The summed E-state index contributed by atoms with van der Waals surface area (Å²) in [6.07, 6.45) is -0.129. The third kappa shape index (κ3) is 8.44. The predicted octanol–water partition coefficient (Wildman–Crippen LogP) is 13.2. The van der Waals surface area contributed by atoms with Gasteiger partial charge in [-0.25, -0.2) is 0 Å². The zero-order valence-corrected chi connectivity index (χ0v) is 46.0. The molecule has 1 N–H and O–H groups in total. The number of aryl methyl sites for hydroxylation is 6. The fourth-order valence-corrected chi connectivity index (χ4v) is 12.7. The molecular weight excluding hydrogens is 996 g/mol. The number of phenols is 1. The summed E-state index contributed by atoms with van der Waals surface area (Å²) >= 11 is 2.13. The first-order chi connectivity index (χ1) is 32.1. The molecule has 9 rings (SSSR count). The van der Waals surface area contributed by atoms with E-state index in [1.54, 1.807) is 0 Å². The van der Waals surface area contributed by atoms with Crippen LogP contribution in [0.15, 0.2) is 78.9 Å². The van der Waals surface area contributed by atoms with Crippen LogP contribution in [-0.2, 0) is 26.2 Å². The van der Waals surface area contributed by atoms with Crippen LogP contribution in [0.3, 0.4) is 0 Å². The molecule has 3 aliphatic heterocycles. The average molecular weight is 1060 g/mol. The summed E-state index contributed by atoms with van der Waals surface area (Å²) in [7, 11) is 9.34. The Bertz CT molecular complexity index is 2920. The molecule has 0 bridgehead atoms. The van der Waals surface area contributed by atoms with Gasteiger partial charge in [0.1, 0.15) is 0 Å². The van der Waals surface area contributed by atoms with Crippen LogP contribution in [-0.4, -0.2) is 5.11 Å². The Labute approximate surface area is 416 Å². The van der Waals surface area contributed by atoms with E-state index in [1.807, 2.05) is 36.4 Å². The molecule has 12 unspecified atom stereocenters. The quantitative estimate of drug-likeness (QED) is 0.113. The summed E-state index contributed by atoms with van der Waals surface area (Å²) in [6.45, 7) is 19.8. The molecule has 0 radical (unpaired) electrons. The number of hydrogen-bond acceptors (Lipinski definition) is 8. The minimum absolute atomic E-state index is 0.0522. The van der Waals surface area contributed by atoms with E-state index >= 15 is 0 Å². The zero-order chi connectivity index (χ0) is 47.7. The van der Waals surface area contributed by atoms with Gasteiger partial charge in [0, 0.05) is 0 Å². The van der Waals surface area contributed by atoms with Gasteiger partial charge in [-0.05, 0) is 0 Å². The van der Waals surface area contributed by atoms with Crippen LogP contribution >= 0.6 is 37.9 Å². The second-order valence-electron chi connectivity index (χ2n) is 19.0. The van der Waals surface area contributed by atoms with Crippen LogP contribution < -0.4 is 36.3 Å². The SMILES string of the molecule is Cc1ccc(C2Oc3c(c(C)c[c]([Mo])c3C3c4c(C)cc(O)c(C5c6c(OP)cc(OP)cc6OC(c6ccc(OP)c(OP)c6)C5C)c4OC(c4ccc(C)c(C)c4)C3C)CC2C)cc1C. The number of phenolic OH excluding ortho intramolecular Hbond substituents is 1. The molecule has 0 aromatic heterocycles. The minimum atomic E-state index is -0.512. The molecule has 349 valence electrons. The second kappa shape index (κ2) is 19.1. The van der Waals surface area contributed by atoms with E-state index < -0.39 is 12.0 Å². The van der Waals surface area contributed by atoms with Crippen molar-refractivity contribution in [2.45, 2.75) is 98.9 Å². The molecule has 6 aromatic carbocycles. The Kier molecular flexibility index (Phi) is 13.8. The fraction of sp³-hybridized carbons (Fsp3) is 0.333. The summed E-state index contributed by atoms with van der Waals surface area (Å²) in [6, 6.07) is 27.2. The third-order valence-corrected chi connectivity index (χ3v) is 16.7. The number of benzene rings is 6. The first kappa shape index (κ1) is 48.2. The average Bonchev–Trinajstić information content (AvgIpc) is 3.31. The van der Waals surface area contributed by atoms with E-state index in [4.69, 9.17) is 32.3 Å². The van der Waals surface area contributed by atoms with E-state index in [2.05, 4.69) is 162 Å². The van der Waals surface area contributed by atoms with Crippen molar-refractivity contribution in [3.8, 4) is 46.0 Å². The van der Waals surface area contributed by atoms with E-state index in [0.29, 0.717) is 40.1 Å². The van der Waals surface area contributed by atoms with E-state index in [9.17, 15) is 5.11 Å². The maximum atomic E-state index is 12.7. The van der Waals surface area contributed by atoms with Crippen molar-refractivity contribution in [3.05, 3.63) is 157 Å². The van der Waals surface area contributed by atoms with Gasteiger partial charge in [0.2, 0.25) is 0 Å². The Hall–Kier alpha value is -3.87. The van der Waals surface area contributed by atoms with Crippen LogP contribution in [0.25, 0.3) is 0 Å². The molecule has 3 aliphatic rings. The van der Waals surface area contributed by atoms with Crippen molar-refractivity contribution >= 4 is 41.8 Å². The fourth-order valence-electron chi connectivity index (χ4n) is 11.0. The number of aromatic hydroxyl groups is 1. The molecule has 0 aliphatic carbocycles. The van der Waals surface area contributed by atoms with Gasteiger partial charge in [0.25, 0.3) is 0 Å². The summed E-state index contributed by atoms with van der Waals surface area (Å²) in [5.41, 5.74) is 15.2. The van der Waals surface area contributed by atoms with Crippen LogP contribution in [0.1, 0.15) is 129 Å². The predicted molar refractivity (Wildman–Crippen MR) is 275 cm³/mol. The van der Waals surface area contributed by atoms with E-state index in [-0.39, 0.29) is 41.6 Å². The Morgan fingerprint density at radius 1 is 0.507 bits per heavy atom. The topological polar surface area (TPSA) is 84.8 Å². The molecule has 0 spiro atoms. The van der Waals surface area contributed by atoms with Crippen molar-refractivity contribution in [1.29, 1.82) is 0 Å². The number of hydrogen-bond donors (Lipinski definition) is 1. The Balaban J connectivity index is 1.32. The van der Waals surface area contributed by atoms with Gasteiger partial charge in [0.15, 0.2) is 5.75 Å². The number of fused-ring (bicyclic) bond motifs is 3. The molecule has 12 atom stereocenters. The number of ether oxygens (including phenoxy) is 3.